The molecule has 0 saturated carbocycles. The smallest absolute Gasteiger partial charge is 0.0971 e. The van der Waals surface area contributed by atoms with E-state index < -0.39 is 0 Å². The number of thiol groups is 1. The molecule has 2 heteroatoms. The van der Waals surface area contributed by atoms with Gasteiger partial charge in [-0.3, -0.25) is 0 Å². The Bertz CT molecular complexity index is 145. The highest BCUT2D eigenvalue weighted by atomic mass is 32.1. The standard InChI is InChI=1S/C11H24OS/c1-9(13)12-8-7-11(5,6)10(2,3)4/h9,13H,7-8H2,1-6H3. The van der Waals surface area contributed by atoms with Gasteiger partial charge in [0.05, 0.1) is 5.44 Å². The first-order chi connectivity index (χ1) is 5.67. The molecule has 0 aromatic carbocycles. The monoisotopic (exact) mass is 204 g/mol. The third-order valence-corrected chi connectivity index (χ3v) is 3.27. The second kappa shape index (κ2) is 4.70. The van der Waals surface area contributed by atoms with Gasteiger partial charge in [0.1, 0.15) is 0 Å². The van der Waals surface area contributed by atoms with Crippen LogP contribution in [0.5, 0.6) is 0 Å². The summed E-state index contributed by atoms with van der Waals surface area (Å²) in [4.78, 5) is 0. The van der Waals surface area contributed by atoms with Crippen molar-refractivity contribution in [3.8, 4) is 0 Å². The van der Waals surface area contributed by atoms with Crippen LogP contribution in [0.1, 0.15) is 48.0 Å². The Morgan fingerprint density at radius 1 is 1.15 bits per heavy atom. The largest absolute Gasteiger partial charge is 0.368 e. The van der Waals surface area contributed by atoms with Crippen LogP contribution in [0.2, 0.25) is 0 Å². The predicted molar refractivity (Wildman–Crippen MR) is 62.3 cm³/mol. The molecular formula is C11H24OS. The second-order valence-corrected chi connectivity index (χ2v) is 6.08. The van der Waals surface area contributed by atoms with Gasteiger partial charge in [-0.2, -0.15) is 0 Å². The molecule has 13 heavy (non-hydrogen) atoms. The molecule has 0 heterocycles. The Balaban J connectivity index is 3.90. The highest BCUT2D eigenvalue weighted by Gasteiger charge is 2.32. The molecule has 0 bridgehead atoms. The van der Waals surface area contributed by atoms with Gasteiger partial charge in [0, 0.05) is 6.61 Å². The Hall–Kier alpha value is 0.310. The number of hydrogen-bond donors (Lipinski definition) is 1. The van der Waals surface area contributed by atoms with Crippen LogP contribution in [-0.2, 0) is 4.74 Å². The SMILES string of the molecule is CC(S)OCCC(C)(C)C(C)(C)C. The first-order valence-corrected chi connectivity index (χ1v) is 5.48. The fourth-order valence-electron chi connectivity index (χ4n) is 0.860. The molecule has 0 radical (unpaired) electrons. The molecule has 1 nitrogen and oxygen atoms in total. The van der Waals surface area contributed by atoms with E-state index in [0.29, 0.717) is 10.8 Å². The van der Waals surface area contributed by atoms with Gasteiger partial charge in [0.15, 0.2) is 0 Å². The van der Waals surface area contributed by atoms with Crippen LogP contribution in [0.4, 0.5) is 0 Å². The molecule has 0 saturated heterocycles. The van der Waals surface area contributed by atoms with Crippen molar-refractivity contribution in [3.63, 3.8) is 0 Å². The van der Waals surface area contributed by atoms with Gasteiger partial charge in [-0.1, -0.05) is 34.6 Å². The molecule has 0 aromatic heterocycles. The van der Waals surface area contributed by atoms with Crippen LogP contribution < -0.4 is 0 Å². The van der Waals surface area contributed by atoms with Gasteiger partial charge in [0.2, 0.25) is 0 Å². The van der Waals surface area contributed by atoms with Crippen molar-refractivity contribution >= 4 is 12.6 Å². The third kappa shape index (κ3) is 4.92. The quantitative estimate of drug-likeness (QED) is 0.542. The maximum absolute atomic E-state index is 5.44. The summed E-state index contributed by atoms with van der Waals surface area (Å²) in [6.45, 7) is 14.2. The van der Waals surface area contributed by atoms with Gasteiger partial charge in [-0.05, 0) is 24.2 Å². The normalized spacial score (nSPS) is 15.9. The Kier molecular flexibility index (Phi) is 4.81. The lowest BCUT2D eigenvalue weighted by Crippen LogP contribution is -2.31. The van der Waals surface area contributed by atoms with E-state index in [1.807, 2.05) is 6.92 Å². The summed E-state index contributed by atoms with van der Waals surface area (Å²) in [6.07, 6.45) is 1.08. The summed E-state index contributed by atoms with van der Waals surface area (Å²) in [5, 5.41) is 0. The van der Waals surface area contributed by atoms with Crippen molar-refractivity contribution in [3.05, 3.63) is 0 Å². The van der Waals surface area contributed by atoms with E-state index >= 15 is 0 Å². The fourth-order valence-corrected chi connectivity index (χ4v) is 0.965. The molecule has 0 N–H and O–H groups in total. The number of hydrogen-bond acceptors (Lipinski definition) is 2. The van der Waals surface area contributed by atoms with Crippen LogP contribution >= 0.6 is 12.6 Å². The summed E-state index contributed by atoms with van der Waals surface area (Å²) in [5.74, 6) is 0. The summed E-state index contributed by atoms with van der Waals surface area (Å²) in [7, 11) is 0. The highest BCUT2D eigenvalue weighted by molar-refractivity contribution is 7.80. The minimum atomic E-state index is 0.0516. The lowest BCUT2D eigenvalue weighted by Gasteiger charge is -2.39. The number of ether oxygens (including phenoxy) is 1. The van der Waals surface area contributed by atoms with Gasteiger partial charge < -0.3 is 4.74 Å². The van der Waals surface area contributed by atoms with Gasteiger partial charge >= 0.3 is 0 Å². The molecule has 0 aliphatic rings. The average Bonchev–Trinajstić information content (AvgIpc) is 1.82. The molecule has 0 aliphatic heterocycles. The second-order valence-electron chi connectivity index (χ2n) is 5.35. The molecule has 0 spiro atoms. The van der Waals surface area contributed by atoms with Crippen molar-refractivity contribution in [2.75, 3.05) is 6.61 Å². The Morgan fingerprint density at radius 2 is 1.62 bits per heavy atom. The van der Waals surface area contributed by atoms with Crippen molar-refractivity contribution in [2.45, 2.75) is 53.4 Å². The highest BCUT2D eigenvalue weighted by Crippen LogP contribution is 2.40. The summed E-state index contributed by atoms with van der Waals surface area (Å²) < 4.78 is 5.44. The van der Waals surface area contributed by atoms with Crippen LogP contribution in [0.3, 0.4) is 0 Å². The molecule has 1 unspecified atom stereocenters. The predicted octanol–water partition coefficient (Wildman–Crippen LogP) is 3.74. The van der Waals surface area contributed by atoms with E-state index in [1.54, 1.807) is 0 Å². The van der Waals surface area contributed by atoms with Crippen molar-refractivity contribution in [1.82, 2.24) is 0 Å². The third-order valence-electron chi connectivity index (χ3n) is 3.12. The van der Waals surface area contributed by atoms with Crippen molar-refractivity contribution in [1.29, 1.82) is 0 Å². The first-order valence-electron chi connectivity index (χ1n) is 4.96. The summed E-state index contributed by atoms with van der Waals surface area (Å²) >= 11 is 4.18. The van der Waals surface area contributed by atoms with E-state index in [2.05, 4.69) is 47.2 Å². The minimum absolute atomic E-state index is 0.0516. The molecule has 0 aromatic rings. The summed E-state index contributed by atoms with van der Waals surface area (Å²) in [5.41, 5.74) is 0.696. The first kappa shape index (κ1) is 13.3. The van der Waals surface area contributed by atoms with Crippen LogP contribution in [0.25, 0.3) is 0 Å². The Morgan fingerprint density at radius 3 is 1.92 bits per heavy atom. The van der Waals surface area contributed by atoms with E-state index in [1.165, 1.54) is 0 Å². The minimum Gasteiger partial charge on any atom is -0.368 e. The van der Waals surface area contributed by atoms with E-state index in [-0.39, 0.29) is 5.44 Å². The molecule has 1 atom stereocenters. The molecular weight excluding hydrogens is 180 g/mol. The average molecular weight is 204 g/mol. The van der Waals surface area contributed by atoms with Gasteiger partial charge in [-0.15, -0.1) is 12.6 Å². The zero-order chi connectivity index (χ0) is 10.7. The summed E-state index contributed by atoms with van der Waals surface area (Å²) in [6, 6.07) is 0. The zero-order valence-corrected chi connectivity index (χ0v) is 10.7. The van der Waals surface area contributed by atoms with E-state index in [0.717, 1.165) is 13.0 Å². The molecule has 0 aliphatic carbocycles. The number of rotatable bonds is 4. The van der Waals surface area contributed by atoms with Gasteiger partial charge in [0.25, 0.3) is 0 Å². The fraction of sp³-hybridized carbons (Fsp3) is 1.00. The lowest BCUT2D eigenvalue weighted by atomic mass is 9.67. The molecule has 0 fully saturated rings. The lowest BCUT2D eigenvalue weighted by molar-refractivity contribution is 0.0488. The van der Waals surface area contributed by atoms with Crippen LogP contribution in [0.15, 0.2) is 0 Å². The van der Waals surface area contributed by atoms with Gasteiger partial charge in [-0.25, -0.2) is 0 Å². The molecule has 80 valence electrons. The topological polar surface area (TPSA) is 9.23 Å². The van der Waals surface area contributed by atoms with Crippen LogP contribution in [-0.4, -0.2) is 12.0 Å². The van der Waals surface area contributed by atoms with Crippen molar-refractivity contribution < 1.29 is 4.74 Å². The van der Waals surface area contributed by atoms with E-state index in [4.69, 9.17) is 4.74 Å². The zero-order valence-electron chi connectivity index (χ0n) is 9.85. The van der Waals surface area contributed by atoms with Crippen molar-refractivity contribution in [2.24, 2.45) is 10.8 Å². The Labute approximate surface area is 88.7 Å². The molecule has 0 rings (SSSR count). The maximum Gasteiger partial charge on any atom is 0.0971 e. The van der Waals surface area contributed by atoms with Crippen LogP contribution in [0, 0.1) is 10.8 Å². The van der Waals surface area contributed by atoms with E-state index in [9.17, 15) is 0 Å². The molecule has 0 amide bonds. The maximum atomic E-state index is 5.44.